The van der Waals surface area contributed by atoms with Gasteiger partial charge < -0.3 is 20.7 Å². The number of esters is 1. The molecule has 2 rings (SSSR count). The Morgan fingerprint density at radius 1 is 1.33 bits per heavy atom. The molecule has 114 valence electrons. The van der Waals surface area contributed by atoms with E-state index in [1.807, 2.05) is 6.07 Å². The van der Waals surface area contributed by atoms with Crippen molar-refractivity contribution in [3.05, 3.63) is 23.8 Å². The summed E-state index contributed by atoms with van der Waals surface area (Å²) in [4.78, 5) is 25.2. The Kier molecular flexibility index (Phi) is 4.67. The van der Waals surface area contributed by atoms with Crippen molar-refractivity contribution in [2.45, 2.75) is 12.8 Å². The van der Waals surface area contributed by atoms with Gasteiger partial charge in [0.1, 0.15) is 0 Å². The number of anilines is 2. The summed E-state index contributed by atoms with van der Waals surface area (Å²) in [5.74, 6) is -0.225. The molecule has 1 amide bonds. The van der Waals surface area contributed by atoms with Crippen LogP contribution in [0.15, 0.2) is 18.2 Å². The second-order valence-electron chi connectivity index (χ2n) is 5.14. The molecule has 0 spiro atoms. The van der Waals surface area contributed by atoms with Crippen molar-refractivity contribution in [2.75, 3.05) is 37.9 Å². The lowest BCUT2D eigenvalue weighted by atomic mass is 9.95. The number of nitrogen functional groups attached to an aromatic ring is 1. The molecule has 6 nitrogen and oxygen atoms in total. The highest BCUT2D eigenvalue weighted by Crippen LogP contribution is 2.29. The number of methoxy groups -OCH3 is 1. The molecular weight excluding hydrogens is 270 g/mol. The minimum Gasteiger partial charge on any atom is -0.465 e. The first-order valence-corrected chi connectivity index (χ1v) is 7.01. The maximum absolute atomic E-state index is 11.6. The van der Waals surface area contributed by atoms with Crippen LogP contribution in [-0.2, 0) is 9.53 Å². The second-order valence-corrected chi connectivity index (χ2v) is 5.14. The molecule has 6 heteroatoms. The first-order chi connectivity index (χ1) is 10.1. The van der Waals surface area contributed by atoms with Gasteiger partial charge in [0.25, 0.3) is 0 Å². The topological polar surface area (TPSA) is 84.7 Å². The molecule has 0 saturated carbocycles. The SMILES string of the molecule is CNC(=O)C1CCN(c2ccc(C(=O)OC)cc2N)CC1. The average molecular weight is 291 g/mol. The van der Waals surface area contributed by atoms with Gasteiger partial charge in [-0.05, 0) is 31.0 Å². The molecular formula is C15H21N3O3. The van der Waals surface area contributed by atoms with Crippen molar-refractivity contribution in [3.63, 3.8) is 0 Å². The van der Waals surface area contributed by atoms with Gasteiger partial charge in [0.15, 0.2) is 0 Å². The van der Waals surface area contributed by atoms with E-state index in [4.69, 9.17) is 5.73 Å². The number of benzene rings is 1. The highest BCUT2D eigenvalue weighted by molar-refractivity contribution is 5.92. The highest BCUT2D eigenvalue weighted by Gasteiger charge is 2.25. The van der Waals surface area contributed by atoms with Crippen LogP contribution in [0.5, 0.6) is 0 Å². The summed E-state index contributed by atoms with van der Waals surface area (Å²) in [6.07, 6.45) is 1.61. The highest BCUT2D eigenvalue weighted by atomic mass is 16.5. The molecule has 21 heavy (non-hydrogen) atoms. The molecule has 0 atom stereocenters. The molecule has 0 aromatic heterocycles. The molecule has 1 aromatic carbocycles. The largest absolute Gasteiger partial charge is 0.465 e. The third-order valence-corrected chi connectivity index (χ3v) is 3.90. The minimum absolute atomic E-state index is 0.0711. The zero-order chi connectivity index (χ0) is 15.4. The molecule has 1 heterocycles. The van der Waals surface area contributed by atoms with E-state index < -0.39 is 5.97 Å². The van der Waals surface area contributed by atoms with E-state index in [1.165, 1.54) is 7.11 Å². The quantitative estimate of drug-likeness (QED) is 0.641. The molecule has 1 aliphatic heterocycles. The van der Waals surface area contributed by atoms with E-state index >= 15 is 0 Å². The van der Waals surface area contributed by atoms with Gasteiger partial charge in [-0.25, -0.2) is 4.79 Å². The van der Waals surface area contributed by atoms with Crippen LogP contribution in [0.1, 0.15) is 23.2 Å². The van der Waals surface area contributed by atoms with Gasteiger partial charge in [0, 0.05) is 26.1 Å². The van der Waals surface area contributed by atoms with E-state index in [-0.39, 0.29) is 11.8 Å². The van der Waals surface area contributed by atoms with Crippen LogP contribution in [0.25, 0.3) is 0 Å². The Bertz CT molecular complexity index is 537. The van der Waals surface area contributed by atoms with Gasteiger partial charge in [-0.15, -0.1) is 0 Å². The zero-order valence-electron chi connectivity index (χ0n) is 12.4. The van der Waals surface area contributed by atoms with Crippen molar-refractivity contribution in [1.82, 2.24) is 5.32 Å². The van der Waals surface area contributed by atoms with Crippen molar-refractivity contribution in [1.29, 1.82) is 0 Å². The number of piperidine rings is 1. The fraction of sp³-hybridized carbons (Fsp3) is 0.467. The zero-order valence-corrected chi connectivity index (χ0v) is 12.4. The number of nitrogens with zero attached hydrogens (tertiary/aromatic N) is 1. The normalized spacial score (nSPS) is 15.6. The van der Waals surface area contributed by atoms with E-state index in [9.17, 15) is 9.59 Å². The maximum Gasteiger partial charge on any atom is 0.337 e. The Morgan fingerprint density at radius 2 is 2.00 bits per heavy atom. The predicted octanol–water partition coefficient (Wildman–Crippen LogP) is 1.02. The number of rotatable bonds is 3. The van der Waals surface area contributed by atoms with E-state index in [2.05, 4.69) is 15.0 Å². The number of amides is 1. The molecule has 0 bridgehead atoms. The van der Waals surface area contributed by atoms with E-state index in [0.29, 0.717) is 11.3 Å². The molecule has 1 saturated heterocycles. The number of carbonyl (C=O) groups excluding carboxylic acids is 2. The summed E-state index contributed by atoms with van der Waals surface area (Å²) in [6, 6.07) is 5.18. The van der Waals surface area contributed by atoms with Gasteiger partial charge in [-0.1, -0.05) is 0 Å². The van der Waals surface area contributed by atoms with Crippen molar-refractivity contribution >= 4 is 23.3 Å². The van der Waals surface area contributed by atoms with Gasteiger partial charge >= 0.3 is 5.97 Å². The Morgan fingerprint density at radius 3 is 2.52 bits per heavy atom. The van der Waals surface area contributed by atoms with Crippen molar-refractivity contribution in [2.24, 2.45) is 5.92 Å². The van der Waals surface area contributed by atoms with Gasteiger partial charge in [-0.2, -0.15) is 0 Å². The molecule has 1 aromatic rings. The predicted molar refractivity (Wildman–Crippen MR) is 81.2 cm³/mol. The smallest absolute Gasteiger partial charge is 0.337 e. The van der Waals surface area contributed by atoms with E-state index in [0.717, 1.165) is 31.6 Å². The Balaban J connectivity index is 2.07. The van der Waals surface area contributed by atoms with Crippen LogP contribution in [-0.4, -0.2) is 39.1 Å². The van der Waals surface area contributed by atoms with Gasteiger partial charge in [-0.3, -0.25) is 4.79 Å². The molecule has 1 fully saturated rings. The number of carbonyl (C=O) groups is 2. The number of ether oxygens (including phenoxy) is 1. The summed E-state index contributed by atoms with van der Waals surface area (Å²) in [5, 5.41) is 2.69. The molecule has 3 N–H and O–H groups in total. The molecule has 0 radical (unpaired) electrons. The summed E-state index contributed by atoms with van der Waals surface area (Å²) >= 11 is 0. The van der Waals surface area contributed by atoms with Crippen LogP contribution in [0, 0.1) is 5.92 Å². The monoisotopic (exact) mass is 291 g/mol. The fourth-order valence-electron chi connectivity index (χ4n) is 2.67. The Labute approximate surface area is 124 Å². The lowest BCUT2D eigenvalue weighted by molar-refractivity contribution is -0.125. The second kappa shape index (κ2) is 6.47. The van der Waals surface area contributed by atoms with Crippen molar-refractivity contribution in [3.8, 4) is 0 Å². The first-order valence-electron chi connectivity index (χ1n) is 7.01. The third kappa shape index (κ3) is 3.26. The summed E-state index contributed by atoms with van der Waals surface area (Å²) in [5.41, 5.74) is 7.93. The number of nitrogens with one attached hydrogen (secondary N) is 1. The van der Waals surface area contributed by atoms with E-state index in [1.54, 1.807) is 19.2 Å². The standard InChI is InChI=1S/C15H21N3O3/c1-17-14(19)10-5-7-18(8-6-10)13-4-3-11(9-12(13)16)15(20)21-2/h3-4,9-10H,5-8,16H2,1-2H3,(H,17,19). The van der Waals surface area contributed by atoms with Gasteiger partial charge in [0.2, 0.25) is 5.91 Å². The van der Waals surface area contributed by atoms with Crippen LogP contribution < -0.4 is 16.0 Å². The molecule has 0 unspecified atom stereocenters. The first kappa shape index (κ1) is 15.2. The number of hydrogen-bond donors (Lipinski definition) is 2. The summed E-state index contributed by atoms with van der Waals surface area (Å²) < 4.78 is 4.68. The maximum atomic E-state index is 11.6. The van der Waals surface area contributed by atoms with Gasteiger partial charge in [0.05, 0.1) is 24.0 Å². The number of nitrogens with two attached hydrogens (primary N) is 1. The fourth-order valence-corrected chi connectivity index (χ4v) is 2.67. The van der Waals surface area contributed by atoms with Crippen LogP contribution in [0.3, 0.4) is 0 Å². The van der Waals surface area contributed by atoms with Crippen LogP contribution in [0.4, 0.5) is 11.4 Å². The molecule has 0 aliphatic carbocycles. The Hall–Kier alpha value is -2.24. The van der Waals surface area contributed by atoms with Crippen LogP contribution in [0.2, 0.25) is 0 Å². The van der Waals surface area contributed by atoms with Crippen molar-refractivity contribution < 1.29 is 14.3 Å². The third-order valence-electron chi connectivity index (χ3n) is 3.90. The lowest BCUT2D eigenvalue weighted by Crippen LogP contribution is -2.39. The summed E-state index contributed by atoms with van der Waals surface area (Å²) in [6.45, 7) is 1.56. The minimum atomic E-state index is -0.397. The van der Waals surface area contributed by atoms with Crippen LogP contribution >= 0.6 is 0 Å². The summed E-state index contributed by atoms with van der Waals surface area (Å²) in [7, 11) is 3.01. The average Bonchev–Trinajstić information content (AvgIpc) is 2.53. The number of hydrogen-bond acceptors (Lipinski definition) is 5. The molecule has 1 aliphatic rings. The lowest BCUT2D eigenvalue weighted by Gasteiger charge is -2.33.